The molecule has 118 valence electrons. The molecule has 0 amide bonds. The molecule has 0 spiro atoms. The van der Waals surface area contributed by atoms with Gasteiger partial charge in [0.2, 0.25) is 0 Å². The molecule has 0 aliphatic carbocycles. The average Bonchev–Trinajstić information content (AvgIpc) is 2.99. The highest BCUT2D eigenvalue weighted by Crippen LogP contribution is 2.22. The minimum absolute atomic E-state index is 0.947. The van der Waals surface area contributed by atoms with Crippen LogP contribution in [0.2, 0.25) is 0 Å². The Bertz CT molecular complexity index is 800. The maximum absolute atomic E-state index is 4.40. The van der Waals surface area contributed by atoms with Crippen molar-refractivity contribution in [1.82, 2.24) is 15.1 Å². The van der Waals surface area contributed by atoms with Crippen LogP contribution < -0.4 is 4.90 Å². The SMILES string of the molecule is Cc1ccccc1N1CCN(Cc2[nH]nc3ccccc23)CC1. The van der Waals surface area contributed by atoms with Crippen LogP contribution in [-0.2, 0) is 6.54 Å². The normalized spacial score (nSPS) is 16.1. The van der Waals surface area contributed by atoms with Crippen molar-refractivity contribution in [2.24, 2.45) is 0 Å². The second kappa shape index (κ2) is 6.05. The highest BCUT2D eigenvalue weighted by atomic mass is 15.3. The highest BCUT2D eigenvalue weighted by molar-refractivity contribution is 5.81. The number of anilines is 1. The molecule has 0 radical (unpaired) electrons. The van der Waals surface area contributed by atoms with E-state index in [-0.39, 0.29) is 0 Å². The lowest BCUT2D eigenvalue weighted by atomic mass is 10.1. The molecule has 3 aromatic rings. The number of piperazine rings is 1. The van der Waals surface area contributed by atoms with Crippen LogP contribution in [0.5, 0.6) is 0 Å². The summed E-state index contributed by atoms with van der Waals surface area (Å²) in [6, 6.07) is 17.0. The molecule has 23 heavy (non-hydrogen) atoms. The number of nitrogens with zero attached hydrogens (tertiary/aromatic N) is 3. The Labute approximate surface area is 136 Å². The van der Waals surface area contributed by atoms with Crippen LogP contribution in [0, 0.1) is 6.92 Å². The smallest absolute Gasteiger partial charge is 0.0924 e. The van der Waals surface area contributed by atoms with Crippen LogP contribution in [0.15, 0.2) is 48.5 Å². The number of aryl methyl sites for hydroxylation is 1. The molecular weight excluding hydrogens is 284 g/mol. The van der Waals surface area contributed by atoms with Crippen molar-refractivity contribution < 1.29 is 0 Å². The van der Waals surface area contributed by atoms with Crippen molar-refractivity contribution in [2.45, 2.75) is 13.5 Å². The van der Waals surface area contributed by atoms with Crippen molar-refractivity contribution in [3.63, 3.8) is 0 Å². The van der Waals surface area contributed by atoms with Crippen molar-refractivity contribution in [3.8, 4) is 0 Å². The Morgan fingerprint density at radius 3 is 2.52 bits per heavy atom. The fraction of sp³-hybridized carbons (Fsp3) is 0.316. The topological polar surface area (TPSA) is 35.2 Å². The Balaban J connectivity index is 1.43. The lowest BCUT2D eigenvalue weighted by molar-refractivity contribution is 0.248. The Hall–Kier alpha value is -2.33. The van der Waals surface area contributed by atoms with E-state index in [0.717, 1.165) is 38.2 Å². The largest absolute Gasteiger partial charge is 0.369 e. The zero-order valence-electron chi connectivity index (χ0n) is 13.5. The fourth-order valence-corrected chi connectivity index (χ4v) is 3.42. The summed E-state index contributed by atoms with van der Waals surface area (Å²) in [4.78, 5) is 5.01. The zero-order chi connectivity index (χ0) is 15.6. The lowest BCUT2D eigenvalue weighted by Crippen LogP contribution is -2.46. The number of hydrogen-bond donors (Lipinski definition) is 1. The number of aromatic amines is 1. The first-order chi connectivity index (χ1) is 11.3. The summed E-state index contributed by atoms with van der Waals surface area (Å²) in [6.45, 7) is 7.47. The number of H-pyrrole nitrogens is 1. The summed E-state index contributed by atoms with van der Waals surface area (Å²) >= 11 is 0. The molecule has 1 aliphatic heterocycles. The van der Waals surface area contributed by atoms with E-state index in [0.29, 0.717) is 0 Å². The minimum Gasteiger partial charge on any atom is -0.369 e. The Morgan fingerprint density at radius 1 is 0.957 bits per heavy atom. The van der Waals surface area contributed by atoms with Gasteiger partial charge in [-0.1, -0.05) is 36.4 Å². The van der Waals surface area contributed by atoms with Crippen molar-refractivity contribution >= 4 is 16.6 Å². The second-order valence-corrected chi connectivity index (χ2v) is 6.27. The van der Waals surface area contributed by atoms with Crippen LogP contribution in [0.4, 0.5) is 5.69 Å². The van der Waals surface area contributed by atoms with Gasteiger partial charge < -0.3 is 4.90 Å². The number of aromatic nitrogens is 2. The third-order valence-corrected chi connectivity index (χ3v) is 4.75. The predicted molar refractivity (Wildman–Crippen MR) is 94.8 cm³/mol. The summed E-state index contributed by atoms with van der Waals surface area (Å²) < 4.78 is 0. The van der Waals surface area contributed by atoms with E-state index in [4.69, 9.17) is 0 Å². The molecule has 1 aliphatic rings. The van der Waals surface area contributed by atoms with Crippen molar-refractivity contribution in [3.05, 3.63) is 59.8 Å². The summed E-state index contributed by atoms with van der Waals surface area (Å²) in [5.74, 6) is 0. The number of fused-ring (bicyclic) bond motifs is 1. The van der Waals surface area contributed by atoms with Gasteiger partial charge in [0.05, 0.1) is 11.2 Å². The zero-order valence-corrected chi connectivity index (χ0v) is 13.5. The molecule has 2 aromatic carbocycles. The molecular formula is C19H22N4. The summed E-state index contributed by atoms with van der Waals surface area (Å²) in [6.07, 6.45) is 0. The van der Waals surface area contributed by atoms with Gasteiger partial charge in [-0.05, 0) is 24.6 Å². The minimum atomic E-state index is 0.947. The van der Waals surface area contributed by atoms with Crippen LogP contribution in [0.25, 0.3) is 10.9 Å². The highest BCUT2D eigenvalue weighted by Gasteiger charge is 2.19. The van der Waals surface area contributed by atoms with Gasteiger partial charge in [-0.2, -0.15) is 5.10 Å². The monoisotopic (exact) mass is 306 g/mol. The Kier molecular flexibility index (Phi) is 3.75. The van der Waals surface area contributed by atoms with Gasteiger partial charge in [0.1, 0.15) is 0 Å². The first kappa shape index (κ1) is 14.3. The standard InChI is InChI=1S/C19H22N4/c1-15-6-2-5-9-19(15)23-12-10-22(11-13-23)14-18-16-7-3-4-8-17(16)20-21-18/h2-9H,10-14H2,1H3,(H,20,21). The second-order valence-electron chi connectivity index (χ2n) is 6.27. The van der Waals surface area contributed by atoms with Gasteiger partial charge in [0.15, 0.2) is 0 Å². The van der Waals surface area contributed by atoms with Gasteiger partial charge in [0.25, 0.3) is 0 Å². The first-order valence-electron chi connectivity index (χ1n) is 8.26. The maximum atomic E-state index is 4.40. The van der Waals surface area contributed by atoms with Gasteiger partial charge in [-0.15, -0.1) is 0 Å². The summed E-state index contributed by atoms with van der Waals surface area (Å²) in [5.41, 5.74) is 5.02. The number of nitrogens with one attached hydrogen (secondary N) is 1. The van der Waals surface area contributed by atoms with E-state index in [1.54, 1.807) is 0 Å². The maximum Gasteiger partial charge on any atom is 0.0924 e. The molecule has 0 atom stereocenters. The van der Waals surface area contributed by atoms with Crippen LogP contribution in [0.1, 0.15) is 11.3 Å². The van der Waals surface area contributed by atoms with Crippen molar-refractivity contribution in [2.75, 3.05) is 31.1 Å². The molecule has 4 rings (SSSR count). The Morgan fingerprint density at radius 2 is 1.70 bits per heavy atom. The summed E-state index contributed by atoms with van der Waals surface area (Å²) in [7, 11) is 0. The molecule has 0 bridgehead atoms. The lowest BCUT2D eigenvalue weighted by Gasteiger charge is -2.36. The average molecular weight is 306 g/mol. The number of para-hydroxylation sites is 2. The molecule has 1 fully saturated rings. The third kappa shape index (κ3) is 2.82. The van der Waals surface area contributed by atoms with E-state index >= 15 is 0 Å². The van der Waals surface area contributed by atoms with E-state index in [1.807, 2.05) is 6.07 Å². The first-order valence-corrected chi connectivity index (χ1v) is 8.26. The van der Waals surface area contributed by atoms with Crippen LogP contribution in [-0.4, -0.2) is 41.3 Å². The molecule has 1 N–H and O–H groups in total. The van der Waals surface area contributed by atoms with Crippen LogP contribution in [0.3, 0.4) is 0 Å². The third-order valence-electron chi connectivity index (χ3n) is 4.75. The molecule has 1 aromatic heterocycles. The van der Waals surface area contributed by atoms with Crippen LogP contribution >= 0.6 is 0 Å². The van der Waals surface area contributed by atoms with Crippen molar-refractivity contribution in [1.29, 1.82) is 0 Å². The molecule has 4 nitrogen and oxygen atoms in total. The molecule has 1 saturated heterocycles. The molecule has 0 unspecified atom stereocenters. The van der Waals surface area contributed by atoms with Gasteiger partial charge in [-0.3, -0.25) is 10.00 Å². The quantitative estimate of drug-likeness (QED) is 0.807. The molecule has 0 saturated carbocycles. The molecule has 4 heteroatoms. The predicted octanol–water partition coefficient (Wildman–Crippen LogP) is 3.19. The summed E-state index contributed by atoms with van der Waals surface area (Å²) in [5, 5.41) is 8.85. The fourth-order valence-electron chi connectivity index (χ4n) is 3.42. The number of hydrogen-bond acceptors (Lipinski definition) is 3. The van der Waals surface area contributed by atoms with E-state index in [9.17, 15) is 0 Å². The van der Waals surface area contributed by atoms with E-state index in [1.165, 1.54) is 22.3 Å². The van der Waals surface area contributed by atoms with Gasteiger partial charge in [0, 0.05) is 43.8 Å². The molecule has 2 heterocycles. The number of benzene rings is 2. The van der Waals surface area contributed by atoms with Gasteiger partial charge in [-0.25, -0.2) is 0 Å². The van der Waals surface area contributed by atoms with E-state index < -0.39 is 0 Å². The van der Waals surface area contributed by atoms with E-state index in [2.05, 4.69) is 69.4 Å². The van der Waals surface area contributed by atoms with Gasteiger partial charge >= 0.3 is 0 Å². The number of rotatable bonds is 3.